The van der Waals surface area contributed by atoms with E-state index in [1.807, 2.05) is 0 Å². The van der Waals surface area contributed by atoms with E-state index in [0.717, 1.165) is 37.0 Å². The van der Waals surface area contributed by atoms with Crippen molar-refractivity contribution in [1.29, 1.82) is 0 Å². The fraction of sp³-hybridized carbons (Fsp3) is 0.941. The van der Waals surface area contributed by atoms with Gasteiger partial charge in [0.15, 0.2) is 0 Å². The standard InChI is InChI=1S/C17H30O/c1-13-8-10-16(12-14(13)2)17(18)11-9-15-6-4-3-5-7-15/h13-16H,3-12H2,1-2H3. The Morgan fingerprint density at radius 3 is 2.33 bits per heavy atom. The Kier molecular flexibility index (Phi) is 5.26. The summed E-state index contributed by atoms with van der Waals surface area (Å²) in [4.78, 5) is 12.3. The molecule has 1 nitrogen and oxygen atoms in total. The van der Waals surface area contributed by atoms with Gasteiger partial charge in [0.05, 0.1) is 0 Å². The van der Waals surface area contributed by atoms with Crippen molar-refractivity contribution in [2.24, 2.45) is 23.7 Å². The van der Waals surface area contributed by atoms with Crippen LogP contribution in [0, 0.1) is 23.7 Å². The summed E-state index contributed by atoms with van der Waals surface area (Å²) in [7, 11) is 0. The summed E-state index contributed by atoms with van der Waals surface area (Å²) < 4.78 is 0. The minimum Gasteiger partial charge on any atom is -0.299 e. The maximum atomic E-state index is 12.3. The average molecular weight is 250 g/mol. The molecule has 0 aromatic rings. The Morgan fingerprint density at radius 2 is 1.67 bits per heavy atom. The molecule has 3 unspecified atom stereocenters. The molecule has 2 fully saturated rings. The van der Waals surface area contributed by atoms with Crippen LogP contribution in [0.1, 0.15) is 78.1 Å². The molecule has 2 aliphatic rings. The fourth-order valence-electron chi connectivity index (χ4n) is 3.87. The third-order valence-corrected chi connectivity index (χ3v) is 5.58. The molecule has 0 bridgehead atoms. The van der Waals surface area contributed by atoms with Crippen molar-refractivity contribution >= 4 is 5.78 Å². The molecule has 0 amide bonds. The molecule has 2 saturated carbocycles. The van der Waals surface area contributed by atoms with Crippen LogP contribution >= 0.6 is 0 Å². The van der Waals surface area contributed by atoms with E-state index in [2.05, 4.69) is 13.8 Å². The Labute approximate surface area is 113 Å². The van der Waals surface area contributed by atoms with E-state index >= 15 is 0 Å². The van der Waals surface area contributed by atoms with Gasteiger partial charge < -0.3 is 0 Å². The largest absolute Gasteiger partial charge is 0.299 e. The molecule has 0 aliphatic heterocycles. The van der Waals surface area contributed by atoms with Gasteiger partial charge >= 0.3 is 0 Å². The average Bonchev–Trinajstić information content (AvgIpc) is 2.40. The summed E-state index contributed by atoms with van der Waals surface area (Å²) in [6, 6.07) is 0. The highest BCUT2D eigenvalue weighted by Crippen LogP contribution is 2.35. The van der Waals surface area contributed by atoms with Crippen LogP contribution in [0.25, 0.3) is 0 Å². The lowest BCUT2D eigenvalue weighted by molar-refractivity contribution is -0.125. The second-order valence-electron chi connectivity index (χ2n) is 6.97. The van der Waals surface area contributed by atoms with Crippen LogP contribution < -0.4 is 0 Å². The van der Waals surface area contributed by atoms with Gasteiger partial charge in [-0.25, -0.2) is 0 Å². The quantitative estimate of drug-likeness (QED) is 0.687. The van der Waals surface area contributed by atoms with Crippen LogP contribution in [-0.2, 0) is 4.79 Å². The van der Waals surface area contributed by atoms with Crippen molar-refractivity contribution in [2.75, 3.05) is 0 Å². The highest BCUT2D eigenvalue weighted by Gasteiger charge is 2.29. The van der Waals surface area contributed by atoms with Gasteiger partial charge in [-0.3, -0.25) is 4.79 Å². The van der Waals surface area contributed by atoms with Crippen LogP contribution in [0.15, 0.2) is 0 Å². The molecule has 2 aliphatic carbocycles. The predicted octanol–water partition coefficient (Wildman–Crippen LogP) is 4.99. The van der Waals surface area contributed by atoms with Crippen molar-refractivity contribution in [3.63, 3.8) is 0 Å². The van der Waals surface area contributed by atoms with E-state index in [-0.39, 0.29) is 0 Å². The second kappa shape index (κ2) is 6.73. The van der Waals surface area contributed by atoms with Gasteiger partial charge in [-0.2, -0.15) is 0 Å². The molecule has 1 heteroatoms. The summed E-state index contributed by atoms with van der Waals surface area (Å²) in [5, 5.41) is 0. The topological polar surface area (TPSA) is 17.1 Å². The van der Waals surface area contributed by atoms with Crippen molar-refractivity contribution in [3.8, 4) is 0 Å². The molecule has 3 atom stereocenters. The summed E-state index contributed by atoms with van der Waals surface area (Å²) in [5.74, 6) is 3.43. The number of rotatable bonds is 4. The minimum absolute atomic E-state index is 0.403. The summed E-state index contributed by atoms with van der Waals surface area (Å²) in [6.45, 7) is 4.67. The first-order valence-corrected chi connectivity index (χ1v) is 8.19. The van der Waals surface area contributed by atoms with Crippen LogP contribution in [0.3, 0.4) is 0 Å². The number of carbonyl (C=O) groups is 1. The maximum Gasteiger partial charge on any atom is 0.135 e. The lowest BCUT2D eigenvalue weighted by Crippen LogP contribution is -2.26. The summed E-state index contributed by atoms with van der Waals surface area (Å²) >= 11 is 0. The van der Waals surface area contributed by atoms with Crippen LogP contribution in [0.4, 0.5) is 0 Å². The number of hydrogen-bond acceptors (Lipinski definition) is 1. The third-order valence-electron chi connectivity index (χ3n) is 5.58. The van der Waals surface area contributed by atoms with Crippen LogP contribution in [0.2, 0.25) is 0 Å². The Morgan fingerprint density at radius 1 is 0.944 bits per heavy atom. The monoisotopic (exact) mass is 250 g/mol. The van der Waals surface area contributed by atoms with Gasteiger partial charge in [0.25, 0.3) is 0 Å². The molecule has 0 saturated heterocycles. The molecular weight excluding hydrogens is 220 g/mol. The van der Waals surface area contributed by atoms with Crippen molar-refractivity contribution in [2.45, 2.75) is 78.1 Å². The van der Waals surface area contributed by atoms with Gasteiger partial charge in [-0.15, -0.1) is 0 Å². The number of hydrogen-bond donors (Lipinski definition) is 0. The normalized spacial score (nSPS) is 34.4. The number of ketones is 1. The molecule has 0 aromatic heterocycles. The molecule has 0 heterocycles. The molecule has 0 N–H and O–H groups in total. The molecule has 2 rings (SSSR count). The Bertz CT molecular complexity index is 265. The molecule has 0 spiro atoms. The third kappa shape index (κ3) is 3.83. The van der Waals surface area contributed by atoms with Crippen molar-refractivity contribution < 1.29 is 4.79 Å². The Hall–Kier alpha value is -0.330. The zero-order chi connectivity index (χ0) is 13.0. The smallest absolute Gasteiger partial charge is 0.135 e. The Balaban J connectivity index is 1.70. The first-order valence-electron chi connectivity index (χ1n) is 8.19. The SMILES string of the molecule is CC1CCC(C(=O)CCC2CCCCC2)CC1C. The lowest BCUT2D eigenvalue weighted by atomic mass is 9.73. The van der Waals surface area contributed by atoms with Gasteiger partial charge in [-0.1, -0.05) is 46.0 Å². The van der Waals surface area contributed by atoms with Crippen LogP contribution in [0.5, 0.6) is 0 Å². The first kappa shape index (κ1) is 14.1. The first-order chi connectivity index (χ1) is 8.66. The molecular formula is C17H30O. The minimum atomic E-state index is 0.403. The lowest BCUT2D eigenvalue weighted by Gasteiger charge is -2.31. The van der Waals surface area contributed by atoms with E-state index in [1.165, 1.54) is 44.9 Å². The van der Waals surface area contributed by atoms with E-state index < -0.39 is 0 Å². The number of carbonyl (C=O) groups excluding carboxylic acids is 1. The van der Waals surface area contributed by atoms with Gasteiger partial charge in [0.2, 0.25) is 0 Å². The van der Waals surface area contributed by atoms with E-state index in [0.29, 0.717) is 11.7 Å². The summed E-state index contributed by atoms with van der Waals surface area (Å²) in [6.07, 6.45) is 12.6. The molecule has 0 aromatic carbocycles. The van der Waals surface area contributed by atoms with E-state index in [9.17, 15) is 4.79 Å². The second-order valence-corrected chi connectivity index (χ2v) is 6.97. The van der Waals surface area contributed by atoms with Crippen molar-refractivity contribution in [3.05, 3.63) is 0 Å². The van der Waals surface area contributed by atoms with Crippen molar-refractivity contribution in [1.82, 2.24) is 0 Å². The van der Waals surface area contributed by atoms with Gasteiger partial charge in [0, 0.05) is 12.3 Å². The van der Waals surface area contributed by atoms with Gasteiger partial charge in [0.1, 0.15) is 5.78 Å². The summed E-state index contributed by atoms with van der Waals surface area (Å²) in [5.41, 5.74) is 0. The molecule has 0 radical (unpaired) electrons. The predicted molar refractivity (Wildman–Crippen MR) is 76.5 cm³/mol. The number of Topliss-reactive ketones (excluding diaryl/α,β-unsaturated/α-hetero) is 1. The highest BCUT2D eigenvalue weighted by atomic mass is 16.1. The van der Waals surface area contributed by atoms with E-state index in [1.54, 1.807) is 0 Å². The molecule has 18 heavy (non-hydrogen) atoms. The maximum absolute atomic E-state index is 12.3. The van der Waals surface area contributed by atoms with Crippen LogP contribution in [-0.4, -0.2) is 5.78 Å². The molecule has 104 valence electrons. The van der Waals surface area contributed by atoms with E-state index in [4.69, 9.17) is 0 Å². The fourth-order valence-corrected chi connectivity index (χ4v) is 3.87. The highest BCUT2D eigenvalue weighted by molar-refractivity contribution is 5.81. The zero-order valence-corrected chi connectivity index (χ0v) is 12.3. The van der Waals surface area contributed by atoms with Gasteiger partial charge in [-0.05, 0) is 43.4 Å². The zero-order valence-electron chi connectivity index (χ0n) is 12.3.